The number of likely N-dealkylation sites (N-methyl/N-ethyl adjacent to an activating group) is 1. The van der Waals surface area contributed by atoms with Crippen molar-refractivity contribution in [3.05, 3.63) is 45.1 Å². The maximum Gasteiger partial charge on any atom is 0.243 e. The zero-order valence-electron chi connectivity index (χ0n) is 15.7. The van der Waals surface area contributed by atoms with Crippen LogP contribution < -0.4 is 5.32 Å². The molecule has 1 N–H and O–H groups in total. The zero-order chi connectivity index (χ0) is 20.1. The first-order chi connectivity index (χ1) is 13.4. The van der Waals surface area contributed by atoms with E-state index in [0.29, 0.717) is 25.3 Å². The zero-order valence-corrected chi connectivity index (χ0v) is 18.9. The predicted molar refractivity (Wildman–Crippen MR) is 116 cm³/mol. The molecule has 152 valence electrons. The molecule has 0 atom stereocenters. The number of carbonyl (C=O) groups excluding carboxylic acids is 1. The first-order valence-electron chi connectivity index (χ1n) is 9.25. The molecule has 0 unspecified atom stereocenters. The van der Waals surface area contributed by atoms with Crippen molar-refractivity contribution in [2.45, 2.75) is 31.2 Å². The van der Waals surface area contributed by atoms with Crippen LogP contribution in [0.2, 0.25) is 0 Å². The minimum absolute atomic E-state index is 0.159. The molecule has 6 nitrogen and oxygen atoms in total. The third-order valence-electron chi connectivity index (χ3n) is 4.64. The van der Waals surface area contributed by atoms with Crippen LogP contribution in [0.25, 0.3) is 0 Å². The fourth-order valence-electron chi connectivity index (χ4n) is 3.15. The van der Waals surface area contributed by atoms with Crippen LogP contribution >= 0.6 is 27.3 Å². The summed E-state index contributed by atoms with van der Waals surface area (Å²) in [4.78, 5) is 15.9. The molecule has 2 aromatic rings. The molecule has 1 aliphatic heterocycles. The number of thiophene rings is 1. The molecule has 1 saturated heterocycles. The van der Waals surface area contributed by atoms with E-state index >= 15 is 0 Å². The Bertz CT molecular complexity index is 924. The van der Waals surface area contributed by atoms with Gasteiger partial charge in [0, 0.05) is 30.2 Å². The van der Waals surface area contributed by atoms with Crippen molar-refractivity contribution < 1.29 is 13.2 Å². The van der Waals surface area contributed by atoms with Crippen LogP contribution in [0.5, 0.6) is 0 Å². The number of anilines is 1. The predicted octanol–water partition coefficient (Wildman–Crippen LogP) is 3.76. The highest BCUT2D eigenvalue weighted by atomic mass is 79.9. The van der Waals surface area contributed by atoms with E-state index in [1.165, 1.54) is 15.2 Å². The number of hydrogen-bond donors (Lipinski definition) is 1. The van der Waals surface area contributed by atoms with Gasteiger partial charge in [0.1, 0.15) is 0 Å². The minimum Gasteiger partial charge on any atom is -0.325 e. The molecule has 0 saturated carbocycles. The summed E-state index contributed by atoms with van der Waals surface area (Å²) in [7, 11) is -3.49. The van der Waals surface area contributed by atoms with E-state index in [1.807, 2.05) is 24.0 Å². The second-order valence-electron chi connectivity index (χ2n) is 6.70. The van der Waals surface area contributed by atoms with Gasteiger partial charge in [-0.05, 0) is 65.6 Å². The highest BCUT2D eigenvalue weighted by molar-refractivity contribution is 9.11. The summed E-state index contributed by atoms with van der Waals surface area (Å²) in [5, 5.41) is 2.83. The van der Waals surface area contributed by atoms with E-state index in [9.17, 15) is 13.2 Å². The summed E-state index contributed by atoms with van der Waals surface area (Å²) >= 11 is 5.11. The highest BCUT2D eigenvalue weighted by Gasteiger charge is 2.27. The minimum atomic E-state index is -3.49. The van der Waals surface area contributed by atoms with Crippen LogP contribution in [0.1, 0.15) is 24.6 Å². The van der Waals surface area contributed by atoms with Crippen molar-refractivity contribution in [1.29, 1.82) is 0 Å². The van der Waals surface area contributed by atoms with Crippen LogP contribution in [0.4, 0.5) is 5.69 Å². The molecule has 0 radical (unpaired) electrons. The molecule has 1 fully saturated rings. The Morgan fingerprint density at radius 1 is 1.25 bits per heavy atom. The van der Waals surface area contributed by atoms with E-state index in [-0.39, 0.29) is 17.3 Å². The number of nitrogens with one attached hydrogen (secondary N) is 1. The summed E-state index contributed by atoms with van der Waals surface area (Å²) in [6.07, 6.45) is 1.78. The number of carbonyl (C=O) groups is 1. The number of sulfonamides is 1. The van der Waals surface area contributed by atoms with E-state index in [2.05, 4.69) is 21.2 Å². The van der Waals surface area contributed by atoms with Crippen molar-refractivity contribution in [1.82, 2.24) is 9.21 Å². The standard InChI is InChI=1S/C19H24BrN3O3S2/c1-2-22(13-16-8-9-18(20)27-16)14-19(24)21-15-6-5-7-17(12-15)28(25,26)23-10-3-4-11-23/h5-9,12H,2-4,10-11,13-14H2,1H3,(H,21,24). The molecular formula is C19H24BrN3O3S2. The molecular weight excluding hydrogens is 462 g/mol. The molecule has 0 spiro atoms. The Morgan fingerprint density at radius 3 is 2.64 bits per heavy atom. The second kappa shape index (κ2) is 9.49. The second-order valence-corrected chi connectivity index (χ2v) is 11.2. The topological polar surface area (TPSA) is 69.7 Å². The largest absolute Gasteiger partial charge is 0.325 e. The van der Waals surface area contributed by atoms with Gasteiger partial charge in [-0.25, -0.2) is 8.42 Å². The van der Waals surface area contributed by atoms with Crippen LogP contribution in [-0.2, 0) is 21.4 Å². The molecule has 0 bridgehead atoms. The number of nitrogens with zero attached hydrogens (tertiary/aromatic N) is 2. The molecule has 1 aromatic carbocycles. The van der Waals surface area contributed by atoms with Gasteiger partial charge in [-0.3, -0.25) is 9.69 Å². The quantitative estimate of drug-likeness (QED) is 0.617. The van der Waals surface area contributed by atoms with Gasteiger partial charge in [-0.1, -0.05) is 13.0 Å². The molecule has 1 aromatic heterocycles. The third kappa shape index (κ3) is 5.42. The lowest BCUT2D eigenvalue weighted by Crippen LogP contribution is -2.32. The molecule has 3 rings (SSSR count). The SMILES string of the molecule is CCN(CC(=O)Nc1cccc(S(=O)(=O)N2CCCC2)c1)Cc1ccc(Br)s1. The van der Waals surface area contributed by atoms with E-state index < -0.39 is 10.0 Å². The average molecular weight is 486 g/mol. The Kier molecular flexibility index (Phi) is 7.27. The summed E-state index contributed by atoms with van der Waals surface area (Å²) in [5.41, 5.74) is 0.500. The van der Waals surface area contributed by atoms with Gasteiger partial charge in [0.15, 0.2) is 0 Å². The number of amides is 1. The van der Waals surface area contributed by atoms with E-state index in [4.69, 9.17) is 0 Å². The van der Waals surface area contributed by atoms with Gasteiger partial charge >= 0.3 is 0 Å². The van der Waals surface area contributed by atoms with Crippen LogP contribution in [-0.4, -0.2) is 49.7 Å². The Labute approximate surface area is 178 Å². The molecule has 0 aliphatic carbocycles. The van der Waals surface area contributed by atoms with Gasteiger partial charge < -0.3 is 5.32 Å². The molecule has 9 heteroatoms. The van der Waals surface area contributed by atoms with Crippen LogP contribution in [0.3, 0.4) is 0 Å². The Hall–Kier alpha value is -1.26. The maximum atomic E-state index is 12.7. The average Bonchev–Trinajstić information content (AvgIpc) is 3.33. The normalized spacial score (nSPS) is 15.2. The van der Waals surface area contributed by atoms with Crippen LogP contribution in [0, 0.1) is 0 Å². The van der Waals surface area contributed by atoms with Gasteiger partial charge in [0.2, 0.25) is 15.9 Å². The summed E-state index contributed by atoms with van der Waals surface area (Å²) in [5.74, 6) is -0.159. The van der Waals surface area contributed by atoms with Crippen molar-refractivity contribution in [2.24, 2.45) is 0 Å². The monoisotopic (exact) mass is 485 g/mol. The lowest BCUT2D eigenvalue weighted by molar-refractivity contribution is -0.117. The fourth-order valence-corrected chi connectivity index (χ4v) is 6.24. The summed E-state index contributed by atoms with van der Waals surface area (Å²) < 4.78 is 28.0. The first kappa shape index (κ1) is 21.4. The number of hydrogen-bond acceptors (Lipinski definition) is 5. The highest BCUT2D eigenvalue weighted by Crippen LogP contribution is 2.24. The fraction of sp³-hybridized carbons (Fsp3) is 0.421. The van der Waals surface area contributed by atoms with Crippen LogP contribution in [0.15, 0.2) is 45.1 Å². The number of halogens is 1. The molecule has 2 heterocycles. The summed E-state index contributed by atoms with van der Waals surface area (Å²) in [6.45, 7) is 4.82. The van der Waals surface area contributed by atoms with Crippen molar-refractivity contribution in [2.75, 3.05) is 31.5 Å². The van der Waals surface area contributed by atoms with Gasteiger partial charge in [-0.15, -0.1) is 11.3 Å². The molecule has 28 heavy (non-hydrogen) atoms. The van der Waals surface area contributed by atoms with Gasteiger partial charge in [0.05, 0.1) is 15.2 Å². The van der Waals surface area contributed by atoms with E-state index in [0.717, 1.165) is 23.2 Å². The lowest BCUT2D eigenvalue weighted by Gasteiger charge is -2.19. The van der Waals surface area contributed by atoms with Gasteiger partial charge in [-0.2, -0.15) is 4.31 Å². The Morgan fingerprint density at radius 2 is 2.00 bits per heavy atom. The van der Waals surface area contributed by atoms with Crippen molar-refractivity contribution in [3.8, 4) is 0 Å². The summed E-state index contributed by atoms with van der Waals surface area (Å²) in [6, 6.07) is 10.5. The number of rotatable bonds is 8. The maximum absolute atomic E-state index is 12.7. The smallest absolute Gasteiger partial charge is 0.243 e. The van der Waals surface area contributed by atoms with Crippen molar-refractivity contribution in [3.63, 3.8) is 0 Å². The molecule has 1 aliphatic rings. The van der Waals surface area contributed by atoms with Crippen molar-refractivity contribution >= 4 is 48.9 Å². The van der Waals surface area contributed by atoms with Gasteiger partial charge in [0.25, 0.3) is 0 Å². The molecule has 1 amide bonds. The Balaban J connectivity index is 1.63. The first-order valence-corrected chi connectivity index (χ1v) is 12.3. The lowest BCUT2D eigenvalue weighted by atomic mass is 10.3. The van der Waals surface area contributed by atoms with E-state index in [1.54, 1.807) is 29.5 Å². The third-order valence-corrected chi connectivity index (χ3v) is 8.15. The number of benzene rings is 1.